The van der Waals surface area contributed by atoms with E-state index in [1.54, 1.807) is 7.11 Å². The van der Waals surface area contributed by atoms with Gasteiger partial charge < -0.3 is 9.53 Å². The predicted molar refractivity (Wildman–Crippen MR) is 96.9 cm³/mol. The van der Waals surface area contributed by atoms with Gasteiger partial charge in [-0.3, -0.25) is 4.79 Å². The highest BCUT2D eigenvalue weighted by molar-refractivity contribution is 5.77. The smallest absolute Gasteiger partial charge is 0.311 e. The number of ether oxygens (including phenoxy) is 1. The summed E-state index contributed by atoms with van der Waals surface area (Å²) < 4.78 is 5.25. The topological polar surface area (TPSA) is 43.4 Å². The molecule has 4 fully saturated rings. The molecule has 25 heavy (non-hydrogen) atoms. The van der Waals surface area contributed by atoms with Crippen molar-refractivity contribution in [3.63, 3.8) is 0 Å². The van der Waals surface area contributed by atoms with Crippen LogP contribution in [0.2, 0.25) is 0 Å². The second kappa shape index (κ2) is 5.33. The summed E-state index contributed by atoms with van der Waals surface area (Å²) in [5.41, 5.74) is 0.464. The molecule has 1 spiro atoms. The van der Waals surface area contributed by atoms with Crippen LogP contribution in [-0.4, -0.2) is 19.4 Å². The third-order valence-corrected chi connectivity index (χ3v) is 9.54. The monoisotopic (exact) mass is 346 g/mol. The minimum Gasteiger partial charge on any atom is -0.469 e. The summed E-state index contributed by atoms with van der Waals surface area (Å²) in [6.45, 7) is 6.99. The molecule has 140 valence electrons. The van der Waals surface area contributed by atoms with E-state index in [-0.39, 0.29) is 28.1 Å². The minimum absolute atomic E-state index is 0.00258. The van der Waals surface area contributed by atoms with Crippen LogP contribution >= 0.6 is 0 Å². The van der Waals surface area contributed by atoms with Gasteiger partial charge in [-0.1, -0.05) is 20.3 Å². The van der Waals surface area contributed by atoms with Gasteiger partial charge in [0, 0.05) is 5.92 Å². The lowest BCUT2D eigenvalue weighted by atomic mass is 9.40. The number of methoxy groups -OCH3 is 1. The molecule has 4 saturated carbocycles. The summed E-state index contributed by atoms with van der Waals surface area (Å²) >= 11 is 0. The molecule has 0 aromatic carbocycles. The lowest BCUT2D eigenvalue weighted by Gasteiger charge is -2.64. The van der Waals surface area contributed by atoms with Crippen molar-refractivity contribution in [2.75, 3.05) is 7.11 Å². The van der Waals surface area contributed by atoms with E-state index in [0.29, 0.717) is 17.3 Å². The molecule has 0 amide bonds. The Kier molecular flexibility index (Phi) is 3.74. The summed E-state index contributed by atoms with van der Waals surface area (Å²) in [4.78, 5) is 24.4. The maximum atomic E-state index is 12.7. The summed E-state index contributed by atoms with van der Waals surface area (Å²) in [6.07, 6.45) is 11.6. The van der Waals surface area contributed by atoms with Crippen molar-refractivity contribution in [2.45, 2.75) is 78.6 Å². The van der Waals surface area contributed by atoms with Gasteiger partial charge in [0.15, 0.2) is 0 Å². The molecule has 0 heterocycles. The van der Waals surface area contributed by atoms with Gasteiger partial charge in [-0.25, -0.2) is 0 Å². The Morgan fingerprint density at radius 1 is 1.04 bits per heavy atom. The highest BCUT2D eigenvalue weighted by Crippen LogP contribution is 2.74. The van der Waals surface area contributed by atoms with Crippen LogP contribution in [0.5, 0.6) is 0 Å². The van der Waals surface area contributed by atoms with Crippen molar-refractivity contribution in [1.82, 2.24) is 0 Å². The Bertz CT molecular complexity index is 600. The van der Waals surface area contributed by atoms with Crippen LogP contribution in [0, 0.1) is 39.4 Å². The maximum absolute atomic E-state index is 12.7. The van der Waals surface area contributed by atoms with Crippen molar-refractivity contribution < 1.29 is 14.3 Å². The van der Waals surface area contributed by atoms with Crippen LogP contribution in [0.25, 0.3) is 0 Å². The fourth-order valence-corrected chi connectivity index (χ4v) is 8.51. The number of hydrogen-bond acceptors (Lipinski definition) is 3. The highest BCUT2D eigenvalue weighted by atomic mass is 16.5. The van der Waals surface area contributed by atoms with Crippen LogP contribution < -0.4 is 0 Å². The molecule has 0 radical (unpaired) electrons. The second-order valence-electron chi connectivity index (χ2n) is 10.6. The molecule has 0 N–H and O–H groups in total. The van der Waals surface area contributed by atoms with Crippen LogP contribution in [0.4, 0.5) is 0 Å². The summed E-state index contributed by atoms with van der Waals surface area (Å²) in [5.74, 6) is 1.34. The minimum atomic E-state index is -0.327. The molecule has 0 aromatic heterocycles. The van der Waals surface area contributed by atoms with E-state index >= 15 is 0 Å². The van der Waals surface area contributed by atoms with Gasteiger partial charge in [0.25, 0.3) is 0 Å². The van der Waals surface area contributed by atoms with Gasteiger partial charge in [0.05, 0.1) is 12.5 Å². The molecule has 4 aliphatic carbocycles. The Balaban J connectivity index is 1.72. The molecule has 1 unspecified atom stereocenters. The quantitative estimate of drug-likeness (QED) is 0.534. The van der Waals surface area contributed by atoms with E-state index in [2.05, 4.69) is 20.8 Å². The molecule has 2 bridgehead atoms. The lowest BCUT2D eigenvalue weighted by Crippen LogP contribution is -2.58. The molecule has 0 saturated heterocycles. The van der Waals surface area contributed by atoms with E-state index < -0.39 is 0 Å². The number of rotatable bonds is 2. The fraction of sp³-hybridized carbons (Fsp3) is 0.909. The van der Waals surface area contributed by atoms with Gasteiger partial charge in [-0.15, -0.1) is 0 Å². The van der Waals surface area contributed by atoms with Gasteiger partial charge >= 0.3 is 5.97 Å². The summed E-state index contributed by atoms with van der Waals surface area (Å²) in [7, 11) is 1.54. The van der Waals surface area contributed by atoms with E-state index in [0.717, 1.165) is 25.7 Å². The van der Waals surface area contributed by atoms with Crippen molar-refractivity contribution in [3.05, 3.63) is 0 Å². The molecule has 0 aromatic rings. The molecule has 7 atom stereocenters. The molecular weight excluding hydrogens is 312 g/mol. The Hall–Kier alpha value is -0.860. The van der Waals surface area contributed by atoms with Crippen molar-refractivity contribution in [1.29, 1.82) is 0 Å². The zero-order chi connectivity index (χ0) is 18.1. The lowest BCUT2D eigenvalue weighted by molar-refractivity contribution is -0.185. The van der Waals surface area contributed by atoms with E-state index in [9.17, 15) is 9.59 Å². The van der Waals surface area contributed by atoms with Crippen LogP contribution in [0.3, 0.4) is 0 Å². The molecule has 3 heteroatoms. The largest absolute Gasteiger partial charge is 0.469 e. The van der Waals surface area contributed by atoms with Crippen molar-refractivity contribution in [2.24, 2.45) is 39.4 Å². The molecular formula is C22H34O3. The number of carbonyl (C=O) groups is 2. The van der Waals surface area contributed by atoms with E-state index in [4.69, 9.17) is 4.74 Å². The second-order valence-corrected chi connectivity index (χ2v) is 10.6. The Morgan fingerprint density at radius 2 is 1.76 bits per heavy atom. The first-order valence-electron chi connectivity index (χ1n) is 10.3. The standard InChI is InChI=1S/C22H34O3/c1-19-10-6-17-20(2)8-5-9-21(3,18(24)25-4)16(20)7-11-22(17,14-19)12-15(19)13-23/h13,15-17H,5-12,14H2,1-4H3/t15?,16-,17-,19-,20+,21+,22-/m0/s1. The summed E-state index contributed by atoms with van der Waals surface area (Å²) in [5, 5.41) is 0. The normalized spacial score (nSPS) is 54.3. The molecule has 4 rings (SSSR count). The van der Waals surface area contributed by atoms with Gasteiger partial charge in [0.1, 0.15) is 6.29 Å². The van der Waals surface area contributed by atoms with Gasteiger partial charge in [0.2, 0.25) is 0 Å². The number of hydrogen-bond donors (Lipinski definition) is 0. The van der Waals surface area contributed by atoms with Crippen LogP contribution in [0.1, 0.15) is 78.6 Å². The number of carbonyl (C=O) groups excluding carboxylic acids is 2. The van der Waals surface area contributed by atoms with Gasteiger partial charge in [-0.2, -0.15) is 0 Å². The summed E-state index contributed by atoms with van der Waals surface area (Å²) in [6, 6.07) is 0. The van der Waals surface area contributed by atoms with Crippen LogP contribution in [0.15, 0.2) is 0 Å². The number of fused-ring (bicyclic) bond motifs is 3. The Morgan fingerprint density at radius 3 is 2.44 bits per heavy atom. The van der Waals surface area contributed by atoms with E-state index in [1.165, 1.54) is 38.4 Å². The van der Waals surface area contributed by atoms with Crippen molar-refractivity contribution >= 4 is 12.3 Å². The maximum Gasteiger partial charge on any atom is 0.311 e. The average Bonchev–Trinajstić information content (AvgIpc) is 2.78. The SMILES string of the molecule is COC(=O)[C@]1(C)CCC[C@@]2(C)[C@@H]3CC[C@@]4(C)C[C@]3(CC[C@@H]21)CC4C=O. The zero-order valence-electron chi connectivity index (χ0n) is 16.4. The van der Waals surface area contributed by atoms with Crippen LogP contribution in [-0.2, 0) is 14.3 Å². The molecule has 3 nitrogen and oxygen atoms in total. The first-order chi connectivity index (χ1) is 11.7. The highest BCUT2D eigenvalue weighted by Gasteiger charge is 2.68. The Labute approximate surface area is 152 Å². The third-order valence-electron chi connectivity index (χ3n) is 9.54. The first kappa shape index (κ1) is 17.5. The number of esters is 1. The predicted octanol–water partition coefficient (Wildman–Crippen LogP) is 4.78. The zero-order valence-corrected chi connectivity index (χ0v) is 16.4. The average molecular weight is 347 g/mol. The number of aldehydes is 1. The molecule has 0 aliphatic heterocycles. The van der Waals surface area contributed by atoms with Gasteiger partial charge in [-0.05, 0) is 86.4 Å². The molecule has 4 aliphatic rings. The first-order valence-corrected chi connectivity index (χ1v) is 10.3. The van der Waals surface area contributed by atoms with E-state index in [1.807, 2.05) is 0 Å². The fourth-order valence-electron chi connectivity index (χ4n) is 8.51. The van der Waals surface area contributed by atoms with Crippen molar-refractivity contribution in [3.8, 4) is 0 Å². The third kappa shape index (κ3) is 2.10.